The van der Waals surface area contributed by atoms with Gasteiger partial charge < -0.3 is 19.9 Å². The Labute approximate surface area is 138 Å². The summed E-state index contributed by atoms with van der Waals surface area (Å²) in [6.45, 7) is 3.02. The summed E-state index contributed by atoms with van der Waals surface area (Å²) >= 11 is 1.60. The Morgan fingerprint density at radius 1 is 1.52 bits per heavy atom. The number of hydrogen-bond acceptors (Lipinski definition) is 5. The van der Waals surface area contributed by atoms with Gasteiger partial charge in [0.05, 0.1) is 23.4 Å². The predicted octanol–water partition coefficient (Wildman–Crippen LogP) is 2.61. The molecule has 2 aromatic rings. The van der Waals surface area contributed by atoms with Crippen LogP contribution in [0.1, 0.15) is 16.3 Å². The van der Waals surface area contributed by atoms with E-state index in [1.54, 1.807) is 11.3 Å². The fourth-order valence-corrected chi connectivity index (χ4v) is 2.93. The van der Waals surface area contributed by atoms with E-state index in [-0.39, 0.29) is 12.1 Å². The van der Waals surface area contributed by atoms with E-state index in [0.29, 0.717) is 19.6 Å². The van der Waals surface area contributed by atoms with Crippen LogP contribution in [0.25, 0.3) is 0 Å². The molecule has 1 aromatic carbocycles. The van der Waals surface area contributed by atoms with Crippen LogP contribution >= 0.6 is 11.3 Å². The minimum absolute atomic E-state index is 0.0186. The SMILES string of the molecule is Cc1nc(COc2ccc(C[C@H](NC(=O)O)[C@H]3CO3)cc2)cs1. The second-order valence-corrected chi connectivity index (χ2v) is 6.48. The second-order valence-electron chi connectivity index (χ2n) is 5.42. The van der Waals surface area contributed by atoms with E-state index in [4.69, 9.17) is 14.6 Å². The highest BCUT2D eigenvalue weighted by Crippen LogP contribution is 2.20. The Kier molecular flexibility index (Phi) is 4.78. The zero-order chi connectivity index (χ0) is 16.2. The molecule has 0 bridgehead atoms. The summed E-state index contributed by atoms with van der Waals surface area (Å²) in [5.74, 6) is 0.768. The second kappa shape index (κ2) is 6.97. The largest absolute Gasteiger partial charge is 0.487 e. The number of thiazole rings is 1. The van der Waals surface area contributed by atoms with Crippen molar-refractivity contribution >= 4 is 17.4 Å². The quantitative estimate of drug-likeness (QED) is 0.761. The highest BCUT2D eigenvalue weighted by molar-refractivity contribution is 7.09. The number of ether oxygens (including phenoxy) is 2. The molecule has 23 heavy (non-hydrogen) atoms. The molecular formula is C16H18N2O4S. The molecule has 7 heteroatoms. The Morgan fingerprint density at radius 3 is 2.83 bits per heavy atom. The molecule has 0 spiro atoms. The van der Waals surface area contributed by atoms with Crippen LogP contribution in [0.5, 0.6) is 5.75 Å². The Bertz CT molecular complexity index is 667. The molecular weight excluding hydrogens is 316 g/mol. The van der Waals surface area contributed by atoms with E-state index < -0.39 is 6.09 Å². The van der Waals surface area contributed by atoms with Crippen molar-refractivity contribution in [2.45, 2.75) is 32.1 Å². The van der Waals surface area contributed by atoms with Crippen molar-refractivity contribution in [2.24, 2.45) is 0 Å². The molecule has 1 amide bonds. The lowest BCUT2D eigenvalue weighted by atomic mass is 10.0. The van der Waals surface area contributed by atoms with E-state index in [9.17, 15) is 4.79 Å². The Balaban J connectivity index is 1.54. The summed E-state index contributed by atoms with van der Waals surface area (Å²) < 4.78 is 10.9. The number of aromatic nitrogens is 1. The van der Waals surface area contributed by atoms with Crippen LogP contribution in [0.15, 0.2) is 29.6 Å². The monoisotopic (exact) mass is 334 g/mol. The van der Waals surface area contributed by atoms with Crippen molar-refractivity contribution in [3.63, 3.8) is 0 Å². The standard InChI is InChI=1S/C16H18N2O4S/c1-10-17-12(9-23-10)7-21-13-4-2-11(3-5-13)6-14(15-8-22-15)18-16(19)20/h2-5,9,14-15,18H,6-8H2,1H3,(H,19,20)/t14-,15+/m0/s1. The molecule has 1 aromatic heterocycles. The number of hydrogen-bond donors (Lipinski definition) is 2. The summed E-state index contributed by atoms with van der Waals surface area (Å²) in [7, 11) is 0. The maximum Gasteiger partial charge on any atom is 0.404 e. The smallest absolute Gasteiger partial charge is 0.404 e. The van der Waals surface area contributed by atoms with Crippen LogP contribution in [0.3, 0.4) is 0 Å². The van der Waals surface area contributed by atoms with Crippen molar-refractivity contribution in [3.8, 4) is 5.75 Å². The third-order valence-corrected chi connectivity index (χ3v) is 4.37. The molecule has 2 atom stereocenters. The Hall–Kier alpha value is -2.12. The number of benzene rings is 1. The summed E-state index contributed by atoms with van der Waals surface area (Å²) in [6.07, 6.45) is -0.443. The summed E-state index contributed by atoms with van der Waals surface area (Å²) in [6, 6.07) is 7.46. The van der Waals surface area contributed by atoms with Crippen LogP contribution in [0.4, 0.5) is 4.79 Å². The van der Waals surface area contributed by atoms with Crippen molar-refractivity contribution in [2.75, 3.05) is 6.61 Å². The summed E-state index contributed by atoms with van der Waals surface area (Å²) in [4.78, 5) is 15.2. The van der Waals surface area contributed by atoms with E-state index >= 15 is 0 Å². The van der Waals surface area contributed by atoms with Crippen LogP contribution < -0.4 is 10.1 Å². The van der Waals surface area contributed by atoms with E-state index in [0.717, 1.165) is 22.0 Å². The normalized spacial score (nSPS) is 17.5. The van der Waals surface area contributed by atoms with Gasteiger partial charge in [-0.05, 0) is 31.0 Å². The van der Waals surface area contributed by atoms with Gasteiger partial charge in [-0.15, -0.1) is 11.3 Å². The number of nitrogens with zero attached hydrogens (tertiary/aromatic N) is 1. The molecule has 0 saturated carbocycles. The summed E-state index contributed by atoms with van der Waals surface area (Å²) in [5.41, 5.74) is 1.96. The number of epoxide rings is 1. The van der Waals surface area contributed by atoms with Gasteiger partial charge in [0.1, 0.15) is 18.5 Å². The number of nitrogens with one attached hydrogen (secondary N) is 1. The van der Waals surface area contributed by atoms with Gasteiger partial charge in [0.2, 0.25) is 0 Å². The van der Waals surface area contributed by atoms with Gasteiger partial charge in [-0.2, -0.15) is 0 Å². The third kappa shape index (κ3) is 4.67. The Morgan fingerprint density at radius 2 is 2.26 bits per heavy atom. The number of carbonyl (C=O) groups is 1. The van der Waals surface area contributed by atoms with Gasteiger partial charge in [-0.25, -0.2) is 9.78 Å². The van der Waals surface area contributed by atoms with E-state index in [1.807, 2.05) is 36.6 Å². The van der Waals surface area contributed by atoms with Crippen LogP contribution in [-0.2, 0) is 17.8 Å². The zero-order valence-electron chi connectivity index (χ0n) is 12.7. The van der Waals surface area contributed by atoms with Gasteiger partial charge >= 0.3 is 6.09 Å². The molecule has 0 radical (unpaired) electrons. The molecule has 0 aliphatic carbocycles. The molecule has 2 heterocycles. The molecule has 1 saturated heterocycles. The molecule has 3 rings (SSSR count). The lowest BCUT2D eigenvalue weighted by Gasteiger charge is -2.14. The summed E-state index contributed by atoms with van der Waals surface area (Å²) in [5, 5.41) is 14.4. The molecule has 0 unspecified atom stereocenters. The maximum absolute atomic E-state index is 10.8. The highest BCUT2D eigenvalue weighted by atomic mass is 32.1. The average molecular weight is 334 g/mol. The number of rotatable bonds is 7. The van der Waals surface area contributed by atoms with Gasteiger partial charge in [0, 0.05) is 5.38 Å². The predicted molar refractivity (Wildman–Crippen MR) is 86.0 cm³/mol. The lowest BCUT2D eigenvalue weighted by Crippen LogP contribution is -2.39. The molecule has 1 fully saturated rings. The highest BCUT2D eigenvalue weighted by Gasteiger charge is 2.33. The third-order valence-electron chi connectivity index (χ3n) is 3.55. The van der Waals surface area contributed by atoms with E-state index in [1.165, 1.54) is 0 Å². The van der Waals surface area contributed by atoms with Gasteiger partial charge in [0.25, 0.3) is 0 Å². The molecule has 122 valence electrons. The fourth-order valence-electron chi connectivity index (χ4n) is 2.33. The van der Waals surface area contributed by atoms with Crippen LogP contribution in [0.2, 0.25) is 0 Å². The first-order chi connectivity index (χ1) is 11.1. The van der Waals surface area contributed by atoms with Crippen LogP contribution in [0, 0.1) is 6.92 Å². The fraction of sp³-hybridized carbons (Fsp3) is 0.375. The van der Waals surface area contributed by atoms with Gasteiger partial charge in [0.15, 0.2) is 0 Å². The van der Waals surface area contributed by atoms with Gasteiger partial charge in [-0.1, -0.05) is 12.1 Å². The minimum atomic E-state index is -1.02. The zero-order valence-corrected chi connectivity index (χ0v) is 13.5. The van der Waals surface area contributed by atoms with Gasteiger partial charge in [-0.3, -0.25) is 0 Å². The number of carboxylic acid groups (broad SMARTS) is 1. The van der Waals surface area contributed by atoms with Crippen molar-refractivity contribution in [3.05, 3.63) is 45.9 Å². The first-order valence-electron chi connectivity index (χ1n) is 7.34. The maximum atomic E-state index is 10.8. The lowest BCUT2D eigenvalue weighted by molar-refractivity contribution is 0.186. The van der Waals surface area contributed by atoms with E-state index in [2.05, 4.69) is 10.3 Å². The number of aryl methyl sites for hydroxylation is 1. The van der Waals surface area contributed by atoms with Crippen LogP contribution in [-0.4, -0.2) is 34.9 Å². The first kappa shape index (κ1) is 15.8. The molecule has 6 nitrogen and oxygen atoms in total. The first-order valence-corrected chi connectivity index (χ1v) is 8.22. The minimum Gasteiger partial charge on any atom is -0.487 e. The number of amides is 1. The van der Waals surface area contributed by atoms with Crippen molar-refractivity contribution < 1.29 is 19.4 Å². The molecule has 2 N–H and O–H groups in total. The van der Waals surface area contributed by atoms with Crippen molar-refractivity contribution in [1.82, 2.24) is 10.3 Å². The topological polar surface area (TPSA) is 84.0 Å². The average Bonchev–Trinajstić information content (AvgIpc) is 3.28. The molecule has 1 aliphatic heterocycles. The van der Waals surface area contributed by atoms with Crippen molar-refractivity contribution in [1.29, 1.82) is 0 Å². The molecule has 1 aliphatic rings.